The Morgan fingerprint density at radius 2 is 1.83 bits per heavy atom. The summed E-state index contributed by atoms with van der Waals surface area (Å²) < 4.78 is 11.2. The maximum Gasteiger partial charge on any atom is 0.271 e. The van der Waals surface area contributed by atoms with Crippen molar-refractivity contribution in [2.75, 3.05) is 6.61 Å². The molecule has 6 heteroatoms. The smallest absolute Gasteiger partial charge is 0.271 e. The van der Waals surface area contributed by atoms with Gasteiger partial charge in [0.05, 0.1) is 24.5 Å². The third-order valence-corrected chi connectivity index (χ3v) is 4.13. The first-order valence-electron chi connectivity index (χ1n) is 9.46. The predicted octanol–water partition coefficient (Wildman–Crippen LogP) is 4.30. The van der Waals surface area contributed by atoms with Crippen molar-refractivity contribution < 1.29 is 14.3 Å². The lowest BCUT2D eigenvalue weighted by Gasteiger charge is -2.07. The first-order chi connectivity index (χ1) is 14.7. The lowest BCUT2D eigenvalue weighted by molar-refractivity contribution is 0.0955. The number of ether oxygens (including phenoxy) is 2. The van der Waals surface area contributed by atoms with E-state index < -0.39 is 0 Å². The highest BCUT2D eigenvalue weighted by Crippen LogP contribution is 2.15. The number of rotatable bonds is 8. The second kappa shape index (κ2) is 10.4. The monoisotopic (exact) mass is 399 g/mol. The quantitative estimate of drug-likeness (QED) is 0.452. The van der Waals surface area contributed by atoms with E-state index in [0.29, 0.717) is 35.8 Å². The van der Waals surface area contributed by atoms with Crippen LogP contribution in [0.1, 0.15) is 34.0 Å². The van der Waals surface area contributed by atoms with Gasteiger partial charge in [-0.3, -0.25) is 4.79 Å². The number of nitrogens with one attached hydrogen (secondary N) is 1. The van der Waals surface area contributed by atoms with Gasteiger partial charge >= 0.3 is 0 Å². The van der Waals surface area contributed by atoms with E-state index >= 15 is 0 Å². The number of hydrogen-bond donors (Lipinski definition) is 1. The molecule has 0 aliphatic rings. The largest absolute Gasteiger partial charge is 0.494 e. The summed E-state index contributed by atoms with van der Waals surface area (Å²) in [4.78, 5) is 12.2. The zero-order valence-corrected chi connectivity index (χ0v) is 16.5. The van der Waals surface area contributed by atoms with E-state index in [1.54, 1.807) is 42.6 Å². The Kier molecular flexibility index (Phi) is 7.17. The molecule has 30 heavy (non-hydrogen) atoms. The van der Waals surface area contributed by atoms with Gasteiger partial charge in [-0.25, -0.2) is 5.43 Å². The minimum atomic E-state index is -0.306. The zero-order chi connectivity index (χ0) is 21.2. The van der Waals surface area contributed by atoms with Crippen LogP contribution in [-0.4, -0.2) is 18.7 Å². The van der Waals surface area contributed by atoms with Crippen LogP contribution >= 0.6 is 0 Å². The third-order valence-electron chi connectivity index (χ3n) is 4.13. The summed E-state index contributed by atoms with van der Waals surface area (Å²) in [5.41, 5.74) is 5.29. The van der Waals surface area contributed by atoms with Crippen LogP contribution in [0.25, 0.3) is 0 Å². The maximum atomic E-state index is 12.2. The Hall–Kier alpha value is -4.11. The van der Waals surface area contributed by atoms with E-state index in [9.17, 15) is 4.79 Å². The van der Waals surface area contributed by atoms with Crippen LogP contribution in [0.5, 0.6) is 11.5 Å². The maximum absolute atomic E-state index is 12.2. The topological polar surface area (TPSA) is 83.7 Å². The summed E-state index contributed by atoms with van der Waals surface area (Å²) in [6, 6.07) is 23.6. The Labute approximate surface area is 175 Å². The lowest BCUT2D eigenvalue weighted by atomic mass is 10.1. The number of amides is 1. The number of benzene rings is 3. The molecule has 3 aromatic rings. The summed E-state index contributed by atoms with van der Waals surface area (Å²) >= 11 is 0. The summed E-state index contributed by atoms with van der Waals surface area (Å²) in [6.07, 6.45) is 1.55. The Balaban J connectivity index is 1.55. The molecule has 1 N–H and O–H groups in total. The van der Waals surface area contributed by atoms with Crippen molar-refractivity contribution in [3.05, 3.63) is 95.1 Å². The van der Waals surface area contributed by atoms with Gasteiger partial charge < -0.3 is 9.47 Å². The first kappa shape index (κ1) is 20.6. The molecule has 150 valence electrons. The standard InChI is InChI=1S/C24H21N3O3/c1-2-29-22-11-9-21(10-12-22)24(28)27-26-16-19-6-4-8-23(14-19)30-17-20-7-3-5-18(13-20)15-25/h3-14,16H,2,17H2,1H3,(H,27,28)/b26-16-. The summed E-state index contributed by atoms with van der Waals surface area (Å²) in [7, 11) is 0. The zero-order valence-electron chi connectivity index (χ0n) is 16.5. The van der Waals surface area contributed by atoms with Crippen LogP contribution in [0.15, 0.2) is 77.9 Å². The molecular formula is C24H21N3O3. The van der Waals surface area contributed by atoms with Crippen molar-refractivity contribution in [2.24, 2.45) is 5.10 Å². The minimum absolute atomic E-state index is 0.306. The molecule has 0 aliphatic carbocycles. The minimum Gasteiger partial charge on any atom is -0.494 e. The molecule has 0 atom stereocenters. The fraction of sp³-hybridized carbons (Fsp3) is 0.125. The summed E-state index contributed by atoms with van der Waals surface area (Å²) in [5.74, 6) is 1.08. The van der Waals surface area contributed by atoms with Gasteiger partial charge in [-0.05, 0) is 66.6 Å². The van der Waals surface area contributed by atoms with Crippen molar-refractivity contribution in [1.29, 1.82) is 5.26 Å². The average molecular weight is 399 g/mol. The molecule has 3 aromatic carbocycles. The van der Waals surface area contributed by atoms with Crippen molar-refractivity contribution >= 4 is 12.1 Å². The molecule has 0 unspecified atom stereocenters. The molecule has 0 spiro atoms. The van der Waals surface area contributed by atoms with Crippen molar-refractivity contribution in [1.82, 2.24) is 5.43 Å². The van der Waals surface area contributed by atoms with E-state index in [2.05, 4.69) is 16.6 Å². The average Bonchev–Trinajstić information content (AvgIpc) is 2.79. The normalized spacial score (nSPS) is 10.4. The molecule has 0 aliphatic heterocycles. The third kappa shape index (κ3) is 5.94. The molecule has 0 fully saturated rings. The van der Waals surface area contributed by atoms with Crippen molar-refractivity contribution in [3.8, 4) is 17.6 Å². The molecular weight excluding hydrogens is 378 g/mol. The SMILES string of the molecule is CCOc1ccc(C(=O)N/N=C\c2cccc(OCc3cccc(C#N)c3)c2)cc1. The van der Waals surface area contributed by atoms with Gasteiger partial charge in [0.15, 0.2) is 0 Å². The molecule has 0 heterocycles. The number of carbonyl (C=O) groups excluding carboxylic acids is 1. The van der Waals surface area contributed by atoms with Crippen LogP contribution in [0.3, 0.4) is 0 Å². The number of hydrogen-bond acceptors (Lipinski definition) is 5. The second-order valence-electron chi connectivity index (χ2n) is 6.33. The fourth-order valence-corrected chi connectivity index (χ4v) is 2.68. The summed E-state index contributed by atoms with van der Waals surface area (Å²) in [6.45, 7) is 2.83. The van der Waals surface area contributed by atoms with Gasteiger partial charge in [0.25, 0.3) is 5.91 Å². The highest BCUT2D eigenvalue weighted by Gasteiger charge is 2.04. The van der Waals surface area contributed by atoms with Crippen LogP contribution < -0.4 is 14.9 Å². The van der Waals surface area contributed by atoms with E-state index in [-0.39, 0.29) is 5.91 Å². The van der Waals surface area contributed by atoms with Crippen LogP contribution in [0, 0.1) is 11.3 Å². The van der Waals surface area contributed by atoms with Gasteiger partial charge in [-0.15, -0.1) is 0 Å². The van der Waals surface area contributed by atoms with Crippen LogP contribution in [0.4, 0.5) is 0 Å². The molecule has 3 rings (SSSR count). The van der Waals surface area contributed by atoms with Crippen molar-refractivity contribution in [2.45, 2.75) is 13.5 Å². The van der Waals surface area contributed by atoms with Gasteiger partial charge in [0, 0.05) is 5.56 Å². The highest BCUT2D eigenvalue weighted by molar-refractivity contribution is 5.95. The van der Waals surface area contributed by atoms with E-state index in [0.717, 1.165) is 11.1 Å². The van der Waals surface area contributed by atoms with Crippen LogP contribution in [0.2, 0.25) is 0 Å². The lowest BCUT2D eigenvalue weighted by Crippen LogP contribution is -2.17. The van der Waals surface area contributed by atoms with Gasteiger partial charge in [-0.2, -0.15) is 10.4 Å². The molecule has 0 bridgehead atoms. The Morgan fingerprint density at radius 1 is 1.03 bits per heavy atom. The van der Waals surface area contributed by atoms with Gasteiger partial charge in [0.2, 0.25) is 0 Å². The fourth-order valence-electron chi connectivity index (χ4n) is 2.68. The van der Waals surface area contributed by atoms with E-state index in [1.165, 1.54) is 0 Å². The summed E-state index contributed by atoms with van der Waals surface area (Å²) in [5, 5.41) is 13.0. The number of carbonyl (C=O) groups is 1. The second-order valence-corrected chi connectivity index (χ2v) is 6.33. The molecule has 0 aromatic heterocycles. The van der Waals surface area contributed by atoms with Crippen molar-refractivity contribution in [3.63, 3.8) is 0 Å². The highest BCUT2D eigenvalue weighted by atomic mass is 16.5. The predicted molar refractivity (Wildman–Crippen MR) is 115 cm³/mol. The van der Waals surface area contributed by atoms with E-state index in [1.807, 2.05) is 43.3 Å². The number of nitrogens with zero attached hydrogens (tertiary/aromatic N) is 2. The molecule has 0 radical (unpaired) electrons. The first-order valence-corrected chi connectivity index (χ1v) is 9.46. The van der Waals surface area contributed by atoms with Crippen LogP contribution in [-0.2, 0) is 6.61 Å². The number of nitriles is 1. The Bertz CT molecular complexity index is 1070. The molecule has 0 saturated heterocycles. The molecule has 6 nitrogen and oxygen atoms in total. The Morgan fingerprint density at radius 3 is 2.60 bits per heavy atom. The van der Waals surface area contributed by atoms with Gasteiger partial charge in [0.1, 0.15) is 18.1 Å². The number of hydrazone groups is 1. The molecule has 0 saturated carbocycles. The molecule has 1 amide bonds. The van der Waals surface area contributed by atoms with E-state index in [4.69, 9.17) is 14.7 Å². The van der Waals surface area contributed by atoms with Gasteiger partial charge in [-0.1, -0.05) is 24.3 Å².